The molecule has 2 unspecified atom stereocenters. The number of carbonyl (C=O) groups excluding carboxylic acids is 1. The third-order valence-electron chi connectivity index (χ3n) is 3.08. The van der Waals surface area contributed by atoms with E-state index in [0.717, 1.165) is 12.0 Å². The molecule has 0 aromatic heterocycles. The first-order valence-electron chi connectivity index (χ1n) is 5.28. The monoisotopic (exact) mass is 192 g/mol. The first-order chi connectivity index (χ1) is 6.68. The molecule has 2 aliphatic rings. The van der Waals surface area contributed by atoms with Gasteiger partial charge < -0.3 is 4.74 Å². The minimum absolute atomic E-state index is 0.0715. The van der Waals surface area contributed by atoms with Crippen LogP contribution in [0.4, 0.5) is 0 Å². The van der Waals surface area contributed by atoms with E-state index in [1.165, 1.54) is 18.4 Å². The summed E-state index contributed by atoms with van der Waals surface area (Å²) in [6.07, 6.45) is 7.70. The van der Waals surface area contributed by atoms with Gasteiger partial charge in [-0.25, -0.2) is 4.79 Å². The van der Waals surface area contributed by atoms with Crippen LogP contribution in [0.1, 0.15) is 33.1 Å². The summed E-state index contributed by atoms with van der Waals surface area (Å²) in [5, 5.41) is 0. The summed E-state index contributed by atoms with van der Waals surface area (Å²) >= 11 is 0. The molecular formula is C12H16O2. The second-order valence-corrected chi connectivity index (χ2v) is 4.21. The molecular weight excluding hydrogens is 176 g/mol. The lowest BCUT2D eigenvalue weighted by Gasteiger charge is -2.23. The maximum absolute atomic E-state index is 11.2. The fourth-order valence-corrected chi connectivity index (χ4v) is 2.16. The van der Waals surface area contributed by atoms with E-state index in [2.05, 4.69) is 13.0 Å². The lowest BCUT2D eigenvalue weighted by atomic mass is 9.86. The molecule has 0 saturated heterocycles. The fraction of sp³-hybridized carbons (Fsp3) is 0.583. The maximum Gasteiger partial charge on any atom is 0.334 e. The van der Waals surface area contributed by atoms with Crippen molar-refractivity contribution in [2.75, 3.05) is 0 Å². The van der Waals surface area contributed by atoms with Gasteiger partial charge in [-0.1, -0.05) is 13.0 Å². The van der Waals surface area contributed by atoms with Crippen LogP contribution in [0.25, 0.3) is 0 Å². The van der Waals surface area contributed by atoms with Crippen molar-refractivity contribution in [3.05, 3.63) is 23.3 Å². The van der Waals surface area contributed by atoms with E-state index < -0.39 is 0 Å². The number of esters is 1. The van der Waals surface area contributed by atoms with E-state index >= 15 is 0 Å². The Balaban J connectivity index is 2.16. The average molecular weight is 192 g/mol. The number of hydrogen-bond acceptors (Lipinski definition) is 2. The molecule has 0 aromatic carbocycles. The van der Waals surface area contributed by atoms with Gasteiger partial charge in [0.25, 0.3) is 0 Å². The summed E-state index contributed by atoms with van der Waals surface area (Å²) < 4.78 is 5.28. The topological polar surface area (TPSA) is 26.3 Å². The highest BCUT2D eigenvalue weighted by atomic mass is 16.5. The molecule has 2 nitrogen and oxygen atoms in total. The second-order valence-electron chi connectivity index (χ2n) is 4.21. The van der Waals surface area contributed by atoms with Crippen molar-refractivity contribution in [2.45, 2.75) is 39.2 Å². The van der Waals surface area contributed by atoms with E-state index in [1.807, 2.05) is 13.0 Å². The van der Waals surface area contributed by atoms with Crippen molar-refractivity contribution in [3.8, 4) is 0 Å². The van der Waals surface area contributed by atoms with Gasteiger partial charge in [0, 0.05) is 5.57 Å². The van der Waals surface area contributed by atoms with Crippen LogP contribution in [0.5, 0.6) is 0 Å². The van der Waals surface area contributed by atoms with Gasteiger partial charge in [-0.2, -0.15) is 0 Å². The van der Waals surface area contributed by atoms with Crippen LogP contribution >= 0.6 is 0 Å². The van der Waals surface area contributed by atoms with Crippen LogP contribution in [0.15, 0.2) is 23.3 Å². The molecule has 1 aliphatic heterocycles. The van der Waals surface area contributed by atoms with Crippen molar-refractivity contribution >= 4 is 5.97 Å². The largest absolute Gasteiger partial charge is 0.450 e. The molecule has 0 aromatic rings. The molecule has 2 atom stereocenters. The van der Waals surface area contributed by atoms with Crippen LogP contribution in [0.3, 0.4) is 0 Å². The van der Waals surface area contributed by atoms with Crippen LogP contribution < -0.4 is 0 Å². The van der Waals surface area contributed by atoms with Gasteiger partial charge in [-0.3, -0.25) is 0 Å². The van der Waals surface area contributed by atoms with E-state index in [4.69, 9.17) is 4.74 Å². The summed E-state index contributed by atoms with van der Waals surface area (Å²) in [7, 11) is 0. The molecule has 0 fully saturated rings. The zero-order valence-corrected chi connectivity index (χ0v) is 8.75. The SMILES string of the molecule is CC1=CC(C2=CCCCC2C)OC1=O. The predicted octanol–water partition coefficient (Wildman–Crippen LogP) is 2.60. The van der Waals surface area contributed by atoms with E-state index in [0.29, 0.717) is 5.92 Å². The van der Waals surface area contributed by atoms with Crippen molar-refractivity contribution in [2.24, 2.45) is 5.92 Å². The number of cyclic esters (lactones) is 1. The van der Waals surface area contributed by atoms with Crippen LogP contribution in [-0.4, -0.2) is 12.1 Å². The van der Waals surface area contributed by atoms with E-state index in [1.54, 1.807) is 0 Å². The number of allylic oxidation sites excluding steroid dienone is 1. The quantitative estimate of drug-likeness (QED) is 0.471. The molecule has 14 heavy (non-hydrogen) atoms. The standard InChI is InChI=1S/C12H16O2/c1-8-5-3-4-6-10(8)11-7-9(2)12(13)14-11/h6-8,11H,3-5H2,1-2H3. The molecule has 76 valence electrons. The average Bonchev–Trinajstić information content (AvgIpc) is 2.48. The summed E-state index contributed by atoms with van der Waals surface area (Å²) in [5.41, 5.74) is 2.04. The van der Waals surface area contributed by atoms with Gasteiger partial charge in [0.2, 0.25) is 0 Å². The first-order valence-corrected chi connectivity index (χ1v) is 5.28. The first kappa shape index (κ1) is 9.50. The third-order valence-corrected chi connectivity index (χ3v) is 3.08. The van der Waals surface area contributed by atoms with Gasteiger partial charge in [0.15, 0.2) is 0 Å². The van der Waals surface area contributed by atoms with Gasteiger partial charge in [0.05, 0.1) is 0 Å². The molecule has 2 rings (SSSR count). The molecule has 2 heteroatoms. The molecule has 0 saturated carbocycles. The second kappa shape index (κ2) is 3.60. The molecule has 1 heterocycles. The van der Waals surface area contributed by atoms with Crippen molar-refractivity contribution < 1.29 is 9.53 Å². The smallest absolute Gasteiger partial charge is 0.334 e. The summed E-state index contributed by atoms with van der Waals surface area (Å²) in [6, 6.07) is 0. The maximum atomic E-state index is 11.2. The highest BCUT2D eigenvalue weighted by Crippen LogP contribution is 2.31. The Morgan fingerprint density at radius 3 is 2.86 bits per heavy atom. The fourth-order valence-electron chi connectivity index (χ4n) is 2.16. The summed E-state index contributed by atoms with van der Waals surface area (Å²) in [6.45, 7) is 4.02. The van der Waals surface area contributed by atoms with Crippen molar-refractivity contribution in [1.82, 2.24) is 0 Å². The Labute approximate surface area is 84.6 Å². The zero-order chi connectivity index (χ0) is 10.1. The zero-order valence-electron chi connectivity index (χ0n) is 8.75. The number of rotatable bonds is 1. The van der Waals surface area contributed by atoms with Gasteiger partial charge in [0.1, 0.15) is 6.10 Å². The van der Waals surface area contributed by atoms with Crippen LogP contribution in [-0.2, 0) is 9.53 Å². The number of ether oxygens (including phenoxy) is 1. The van der Waals surface area contributed by atoms with Crippen molar-refractivity contribution in [3.63, 3.8) is 0 Å². The molecule has 0 radical (unpaired) electrons. The molecule has 0 spiro atoms. The minimum atomic E-state index is -0.159. The minimum Gasteiger partial charge on any atom is -0.450 e. The Morgan fingerprint density at radius 2 is 2.29 bits per heavy atom. The lowest BCUT2D eigenvalue weighted by Crippen LogP contribution is -2.18. The molecule has 0 amide bonds. The van der Waals surface area contributed by atoms with Gasteiger partial charge in [-0.05, 0) is 43.8 Å². The molecule has 1 aliphatic carbocycles. The van der Waals surface area contributed by atoms with E-state index in [-0.39, 0.29) is 12.1 Å². The van der Waals surface area contributed by atoms with Crippen molar-refractivity contribution in [1.29, 1.82) is 0 Å². The predicted molar refractivity (Wildman–Crippen MR) is 54.7 cm³/mol. The van der Waals surface area contributed by atoms with Gasteiger partial charge >= 0.3 is 5.97 Å². The van der Waals surface area contributed by atoms with E-state index in [9.17, 15) is 4.79 Å². The Hall–Kier alpha value is -1.05. The third kappa shape index (κ3) is 1.61. The Kier molecular flexibility index (Phi) is 2.44. The highest BCUT2D eigenvalue weighted by Gasteiger charge is 2.28. The molecule has 0 N–H and O–H groups in total. The lowest BCUT2D eigenvalue weighted by molar-refractivity contribution is -0.138. The summed E-state index contributed by atoms with van der Waals surface area (Å²) in [5.74, 6) is 0.400. The van der Waals surface area contributed by atoms with Crippen LogP contribution in [0.2, 0.25) is 0 Å². The number of carbonyl (C=O) groups is 1. The number of hydrogen-bond donors (Lipinski definition) is 0. The molecule has 0 bridgehead atoms. The highest BCUT2D eigenvalue weighted by molar-refractivity contribution is 5.90. The van der Waals surface area contributed by atoms with Crippen LogP contribution in [0, 0.1) is 5.92 Å². The van der Waals surface area contributed by atoms with Gasteiger partial charge in [-0.15, -0.1) is 0 Å². The Morgan fingerprint density at radius 1 is 1.50 bits per heavy atom. The Bertz CT molecular complexity index is 312. The normalized spacial score (nSPS) is 32.3. The summed E-state index contributed by atoms with van der Waals surface area (Å²) in [4.78, 5) is 11.2.